The Labute approximate surface area is 221 Å². The Morgan fingerprint density at radius 3 is 2.64 bits per heavy atom. The van der Waals surface area contributed by atoms with E-state index in [0.717, 1.165) is 6.07 Å². The molecule has 0 unspecified atom stereocenters. The number of imidazole rings is 1. The minimum absolute atomic E-state index is 0.0331. The molecular formula is C27H26F3N5O4. The molecule has 1 fully saturated rings. The molecule has 1 atom stereocenters. The van der Waals surface area contributed by atoms with Crippen LogP contribution in [0.4, 0.5) is 19.0 Å². The van der Waals surface area contributed by atoms with E-state index in [0.29, 0.717) is 23.4 Å². The van der Waals surface area contributed by atoms with Gasteiger partial charge in [-0.2, -0.15) is 23.3 Å². The van der Waals surface area contributed by atoms with Gasteiger partial charge in [0.15, 0.2) is 17.1 Å². The lowest BCUT2D eigenvalue weighted by Crippen LogP contribution is -2.25. The highest BCUT2D eigenvalue weighted by Crippen LogP contribution is 2.38. The zero-order valence-corrected chi connectivity index (χ0v) is 21.7. The highest BCUT2D eigenvalue weighted by Gasteiger charge is 2.35. The van der Waals surface area contributed by atoms with Crippen molar-refractivity contribution in [3.05, 3.63) is 71.0 Å². The Morgan fingerprint density at radius 2 is 1.92 bits per heavy atom. The fourth-order valence-corrected chi connectivity index (χ4v) is 4.34. The number of nitrogens with one attached hydrogen (secondary N) is 1. The van der Waals surface area contributed by atoms with Gasteiger partial charge in [0.1, 0.15) is 18.5 Å². The van der Waals surface area contributed by atoms with Gasteiger partial charge in [-0.1, -0.05) is 24.3 Å². The zero-order chi connectivity index (χ0) is 27.9. The number of aromatic nitrogens is 4. The number of nitrogens with zero attached hydrogens (tertiary/aromatic N) is 4. The second kappa shape index (κ2) is 9.93. The van der Waals surface area contributed by atoms with E-state index in [-0.39, 0.29) is 41.4 Å². The third-order valence-corrected chi connectivity index (χ3v) is 6.36. The largest absolute Gasteiger partial charge is 0.475 e. The molecule has 0 bridgehead atoms. The molecule has 0 spiro atoms. The Hall–Kier alpha value is -4.03. The molecule has 4 heterocycles. The van der Waals surface area contributed by atoms with Gasteiger partial charge >= 0.3 is 6.18 Å². The van der Waals surface area contributed by atoms with Crippen LogP contribution >= 0.6 is 0 Å². The van der Waals surface area contributed by atoms with Crippen LogP contribution in [-0.2, 0) is 15.7 Å². The van der Waals surface area contributed by atoms with Crippen molar-refractivity contribution in [2.75, 3.05) is 18.5 Å². The number of amides is 1. The molecule has 1 aliphatic heterocycles. The molecule has 0 aliphatic carbocycles. The Kier molecular flexibility index (Phi) is 6.77. The maximum Gasteiger partial charge on any atom is 0.417 e. The lowest BCUT2D eigenvalue weighted by molar-refractivity contribution is -0.141. The number of halogens is 3. The zero-order valence-electron chi connectivity index (χ0n) is 21.7. The van der Waals surface area contributed by atoms with Gasteiger partial charge in [0, 0.05) is 11.6 Å². The molecule has 39 heavy (non-hydrogen) atoms. The van der Waals surface area contributed by atoms with E-state index in [9.17, 15) is 18.0 Å². The Balaban J connectivity index is 1.41. The molecule has 1 amide bonds. The van der Waals surface area contributed by atoms with E-state index < -0.39 is 23.4 Å². The SMILES string of the molecule is Cc1c(-c2ccccc2C(F)(F)F)nn2c(C(=O)Nc3cccc(OC[C@H]4COC(C)(C)O4)n3)cnc2c1C. The third-order valence-electron chi connectivity index (χ3n) is 6.36. The van der Waals surface area contributed by atoms with Crippen LogP contribution in [0.25, 0.3) is 16.9 Å². The number of carbonyl (C=O) groups excluding carboxylic acids is 1. The Bertz CT molecular complexity index is 1550. The molecule has 0 radical (unpaired) electrons. The number of fused-ring (bicyclic) bond motifs is 1. The van der Waals surface area contributed by atoms with Gasteiger partial charge in [-0.25, -0.2) is 9.50 Å². The number of ether oxygens (including phenoxy) is 3. The number of carbonyl (C=O) groups is 1. The molecular weight excluding hydrogens is 515 g/mol. The predicted molar refractivity (Wildman–Crippen MR) is 135 cm³/mol. The molecule has 1 N–H and O–H groups in total. The van der Waals surface area contributed by atoms with Crippen molar-refractivity contribution in [3.8, 4) is 17.1 Å². The van der Waals surface area contributed by atoms with Crippen molar-refractivity contribution in [2.45, 2.75) is 45.8 Å². The van der Waals surface area contributed by atoms with Crippen LogP contribution in [0.2, 0.25) is 0 Å². The topological polar surface area (TPSA) is 99.9 Å². The molecule has 1 aromatic carbocycles. The number of anilines is 1. The van der Waals surface area contributed by atoms with Gasteiger partial charge in [0.2, 0.25) is 5.88 Å². The summed E-state index contributed by atoms with van der Waals surface area (Å²) in [5.41, 5.74) is 0.732. The lowest BCUT2D eigenvalue weighted by Gasteiger charge is -2.17. The summed E-state index contributed by atoms with van der Waals surface area (Å²) in [6.07, 6.45) is -3.51. The molecule has 5 rings (SSSR count). The van der Waals surface area contributed by atoms with Gasteiger partial charge < -0.3 is 19.5 Å². The number of aryl methyl sites for hydroxylation is 1. The van der Waals surface area contributed by atoms with Crippen molar-refractivity contribution >= 4 is 17.4 Å². The van der Waals surface area contributed by atoms with Crippen molar-refractivity contribution in [1.29, 1.82) is 0 Å². The fourth-order valence-electron chi connectivity index (χ4n) is 4.34. The van der Waals surface area contributed by atoms with E-state index in [4.69, 9.17) is 14.2 Å². The summed E-state index contributed by atoms with van der Waals surface area (Å²) in [4.78, 5) is 21.8. The molecule has 204 valence electrons. The maximum atomic E-state index is 13.7. The monoisotopic (exact) mass is 541 g/mol. The molecule has 12 heteroatoms. The van der Waals surface area contributed by atoms with E-state index in [1.165, 1.54) is 28.9 Å². The fraction of sp³-hybridized carbons (Fsp3) is 0.333. The number of pyridine rings is 1. The second-order valence-corrected chi connectivity index (χ2v) is 9.60. The van der Waals surface area contributed by atoms with Crippen LogP contribution in [0.5, 0.6) is 5.88 Å². The number of benzene rings is 1. The maximum absolute atomic E-state index is 13.7. The van der Waals surface area contributed by atoms with Gasteiger partial charge in [-0.05, 0) is 51.0 Å². The Morgan fingerprint density at radius 1 is 1.15 bits per heavy atom. The summed E-state index contributed by atoms with van der Waals surface area (Å²) >= 11 is 0. The number of hydrogen-bond acceptors (Lipinski definition) is 7. The van der Waals surface area contributed by atoms with Crippen LogP contribution in [0, 0.1) is 13.8 Å². The first-order valence-electron chi connectivity index (χ1n) is 12.2. The second-order valence-electron chi connectivity index (χ2n) is 9.60. The average Bonchev–Trinajstić information content (AvgIpc) is 3.47. The van der Waals surface area contributed by atoms with Crippen LogP contribution in [-0.4, -0.2) is 50.6 Å². The minimum atomic E-state index is -4.57. The number of alkyl halides is 3. The van der Waals surface area contributed by atoms with Gasteiger partial charge in [-0.3, -0.25) is 4.79 Å². The number of hydrogen-bond donors (Lipinski definition) is 1. The summed E-state index contributed by atoms with van der Waals surface area (Å²) in [5.74, 6) is -0.782. The molecule has 3 aromatic heterocycles. The van der Waals surface area contributed by atoms with Gasteiger partial charge in [-0.15, -0.1) is 0 Å². The van der Waals surface area contributed by atoms with Crippen molar-refractivity contribution in [2.24, 2.45) is 0 Å². The first-order chi connectivity index (χ1) is 18.4. The molecule has 9 nitrogen and oxygen atoms in total. The van der Waals surface area contributed by atoms with Crippen LogP contribution in [0.3, 0.4) is 0 Å². The highest BCUT2D eigenvalue weighted by atomic mass is 19.4. The molecule has 1 aliphatic rings. The predicted octanol–water partition coefficient (Wildman–Crippen LogP) is 5.21. The summed E-state index contributed by atoms with van der Waals surface area (Å²) < 4.78 is 59.4. The average molecular weight is 542 g/mol. The van der Waals surface area contributed by atoms with E-state index in [1.807, 2.05) is 13.8 Å². The van der Waals surface area contributed by atoms with E-state index in [1.54, 1.807) is 32.0 Å². The lowest BCUT2D eigenvalue weighted by atomic mass is 9.99. The normalized spacial score (nSPS) is 16.9. The smallest absolute Gasteiger partial charge is 0.417 e. The molecule has 4 aromatic rings. The minimum Gasteiger partial charge on any atom is -0.475 e. The summed E-state index contributed by atoms with van der Waals surface area (Å²) in [5, 5.41) is 7.11. The van der Waals surface area contributed by atoms with E-state index >= 15 is 0 Å². The first kappa shape index (κ1) is 26.6. The third kappa shape index (κ3) is 5.43. The molecule has 0 saturated carbocycles. The first-order valence-corrected chi connectivity index (χ1v) is 12.2. The molecule has 1 saturated heterocycles. The van der Waals surface area contributed by atoms with Crippen molar-refractivity contribution < 1.29 is 32.2 Å². The van der Waals surface area contributed by atoms with E-state index in [2.05, 4.69) is 20.4 Å². The summed E-state index contributed by atoms with van der Waals surface area (Å²) in [6, 6.07) is 10.1. The van der Waals surface area contributed by atoms with Gasteiger partial charge in [0.25, 0.3) is 5.91 Å². The quantitative estimate of drug-likeness (QED) is 0.358. The number of rotatable bonds is 6. The summed E-state index contributed by atoms with van der Waals surface area (Å²) in [7, 11) is 0. The standard InChI is InChI=1S/C27H26F3N5O4/c1-15-16(2)24-31-12-20(35(24)34-23(15)18-8-5-6-9-19(18)27(28,29)30)25(36)33-21-10-7-11-22(32-21)37-13-17-14-38-26(3,4)39-17/h5-12,17H,13-14H2,1-4H3,(H,32,33,36)/t17-/m0/s1. The van der Waals surface area contributed by atoms with Crippen LogP contribution in [0.1, 0.15) is 41.0 Å². The van der Waals surface area contributed by atoms with Gasteiger partial charge in [0.05, 0.1) is 24.1 Å². The van der Waals surface area contributed by atoms with Crippen LogP contribution < -0.4 is 10.1 Å². The summed E-state index contributed by atoms with van der Waals surface area (Å²) in [6.45, 7) is 7.64. The van der Waals surface area contributed by atoms with Crippen molar-refractivity contribution in [1.82, 2.24) is 19.6 Å². The van der Waals surface area contributed by atoms with Crippen LogP contribution in [0.15, 0.2) is 48.7 Å². The highest BCUT2D eigenvalue weighted by molar-refractivity contribution is 6.03. The van der Waals surface area contributed by atoms with Crippen molar-refractivity contribution in [3.63, 3.8) is 0 Å².